The van der Waals surface area contributed by atoms with Gasteiger partial charge in [0.15, 0.2) is 79.0 Å². The molecule has 0 bridgehead atoms. The molecule has 6 heterocycles. The summed E-state index contributed by atoms with van der Waals surface area (Å²) in [7, 11) is -7.62. The van der Waals surface area contributed by atoms with E-state index in [-0.39, 0.29) is 83.7 Å². The van der Waals surface area contributed by atoms with Crippen molar-refractivity contribution in [1.29, 1.82) is 0 Å². The molecule has 12 aromatic rings. The predicted octanol–water partition coefficient (Wildman–Crippen LogP) is 22.9. The Morgan fingerprint density at radius 2 is 0.850 bits per heavy atom. The number of carbonyl (C=O) groups is 2. The third-order valence-electron chi connectivity index (χ3n) is 22.9. The van der Waals surface area contributed by atoms with E-state index in [4.69, 9.17) is 86.4 Å². The van der Waals surface area contributed by atoms with Crippen molar-refractivity contribution < 1.29 is 75.2 Å². The highest BCUT2D eigenvalue weighted by molar-refractivity contribution is 6.78. The molecule has 12 rings (SSSR count). The van der Waals surface area contributed by atoms with Crippen molar-refractivity contribution in [2.24, 2.45) is 5.73 Å². The Bertz CT molecular complexity index is 6200. The monoisotopic (exact) mass is 2030 g/mol. The second-order valence-electron chi connectivity index (χ2n) is 42.0. The molecule has 0 aliphatic heterocycles. The number of aryl methyl sites for hydroxylation is 3. The Balaban J connectivity index is 0.000000223. The number of hydrogen-bond donors (Lipinski definition) is 6. The molecule has 2 amide bonds. The van der Waals surface area contributed by atoms with Crippen LogP contribution in [0.4, 0.5) is 22.8 Å². The minimum Gasteiger partial charge on any atom is -0.505 e. The number of nitrogens with zero attached hydrogens (tertiary/aromatic N) is 12. The van der Waals surface area contributed by atoms with Gasteiger partial charge in [-0.25, -0.2) is 60.2 Å². The van der Waals surface area contributed by atoms with Crippen LogP contribution in [0, 0.1) is 30.6 Å². The Morgan fingerprint density at radius 3 is 1.27 bits per heavy atom. The number of carbonyl (C=O) groups excluding carboxylic acids is 2. The third-order valence-corrected chi connectivity index (χ3v) is 33.2. The Hall–Kier alpha value is -10.9. The number of rotatable bonds is 50. The zero-order valence-corrected chi connectivity index (χ0v) is 91.6. The van der Waals surface area contributed by atoms with Crippen LogP contribution in [0.25, 0.3) is 110 Å². The maximum Gasteiger partial charge on any atom is 0.407 e. The summed E-state index contributed by atoms with van der Waals surface area (Å²) in [6.45, 7) is 67.2. The number of nitrogens with one attached hydrogen (secondary N) is 4. The van der Waals surface area contributed by atoms with Crippen LogP contribution >= 0.6 is 0 Å². The summed E-state index contributed by atoms with van der Waals surface area (Å²) in [6, 6.07) is 33.5. The highest BCUT2D eigenvalue weighted by atomic mass is 28.3. The number of aromatic hydroxyl groups is 1. The van der Waals surface area contributed by atoms with Crippen LogP contribution in [0.5, 0.6) is 17.2 Å². The quantitative estimate of drug-likeness (QED) is 0.00893. The minimum atomic E-state index is -1.33. The number of aromatic nitrogens is 12. The van der Waals surface area contributed by atoms with Crippen molar-refractivity contribution in [3.63, 3.8) is 0 Å². The molecular formula is C101H144F3N17O13Si6. The first-order chi connectivity index (χ1) is 66.3. The van der Waals surface area contributed by atoms with E-state index in [1.165, 1.54) is 12.1 Å². The maximum absolute atomic E-state index is 15.6. The maximum atomic E-state index is 15.6. The van der Waals surface area contributed by atoms with E-state index in [0.29, 0.717) is 125 Å². The van der Waals surface area contributed by atoms with E-state index in [1.807, 2.05) is 93.3 Å². The minimum absolute atomic E-state index is 0.000210. The molecule has 140 heavy (non-hydrogen) atoms. The molecule has 39 heteroatoms. The SMILES string of the molecule is CCc1cc(OCOCC[Si](C)(C)C)c(F)cc1-c1ccc2c(-c3nc(CN)cn3COCC[Si](C)(C)C)nn(COCC[Si](C)(C)C)c2c1.[C-]#[N+]CCOC(=O)NCc1cn(COCC[Si](C)(C)C)c(-c2nn(COCC[Si](C)(C)C)c3cc(-c4cc(F)c(OCOCC[Si](C)(C)C)cc4CC)ccc23)n1.[C-]#[N+]CCOC(=O)NCc1cnc(-c2n[nH]c3cc(-c4cc(F)c(O)cc4CC)ccc23)[nH]1. The number of nitrogens with two attached hydrogens (primary N) is 1. The lowest BCUT2D eigenvalue weighted by molar-refractivity contribution is 0.0195. The number of benzene rings is 6. The summed E-state index contributed by atoms with van der Waals surface area (Å²) in [5.74, 6) is 0.288. The first-order valence-electron chi connectivity index (χ1n) is 48.1. The highest BCUT2D eigenvalue weighted by Crippen LogP contribution is 2.40. The molecule has 0 spiro atoms. The van der Waals surface area contributed by atoms with Crippen LogP contribution in [-0.2, 0) is 104 Å². The van der Waals surface area contributed by atoms with Crippen LogP contribution in [-0.4, -0.2) is 204 Å². The molecule has 0 unspecified atom stereocenters. The van der Waals surface area contributed by atoms with E-state index >= 15 is 8.78 Å². The molecule has 30 nitrogen and oxygen atoms in total. The number of H-pyrrole nitrogens is 2. The van der Waals surface area contributed by atoms with Crippen LogP contribution in [0.1, 0.15) is 54.5 Å². The zero-order valence-electron chi connectivity index (χ0n) is 85.6. The van der Waals surface area contributed by atoms with Crippen molar-refractivity contribution in [3.05, 3.63) is 184 Å². The first-order valence-corrected chi connectivity index (χ1v) is 70.3. The number of phenolic OH excluding ortho intramolecular Hbond substituents is 1. The van der Waals surface area contributed by atoms with Gasteiger partial charge in [0.2, 0.25) is 13.1 Å². The molecule has 7 N–H and O–H groups in total. The zero-order chi connectivity index (χ0) is 102. The Labute approximate surface area is 827 Å². The molecule has 0 aliphatic rings. The highest BCUT2D eigenvalue weighted by Gasteiger charge is 2.28. The molecule has 0 saturated carbocycles. The topological polar surface area (TPSA) is 334 Å². The van der Waals surface area contributed by atoms with Crippen LogP contribution in [0.2, 0.25) is 154 Å². The van der Waals surface area contributed by atoms with Gasteiger partial charge >= 0.3 is 12.2 Å². The lowest BCUT2D eigenvalue weighted by Gasteiger charge is -2.17. The molecule has 756 valence electrons. The standard InChI is InChI=1S/C41H63FN6O6Si3.C37H60FN5O4Si3.C23H21FN6O3/c1-12-31-24-38(54-30-52-19-22-57(9,10)11)36(42)25-35(31)32-13-14-34-37(23-32)48(29-51-18-21-56(6,7)8)46-39(34)40-45-33(26-44-41(49)53-16-15-43-2)27-47(40)28-50-17-20-55(3,4)5;1-11-28-21-35(47-27-46-16-19-50(8,9)10)33(38)22-32(28)29-12-13-31-34(20-29)43(26-45-15-18-49(5,6)7)41-36(31)37-40-30(23-39)24-42(37)25-44-14-17-48(2,3)4;1-3-13-9-20(31)18(24)10-17(13)14-4-5-16-19(8-14)29-30-21(16)22-26-11-15(28-22)12-27-23(32)33-7-6-25-2/h13-14,23-25,27H,12,15-22,26,28-30H2,1,3-11H3,(H,44,49);12-13,20-22,24H,11,14-19,23,25-27,39H2,1-10H3;4-5,8-11,31H,3,6-7,12H2,1H3,(H,26,28)(H,27,32)(H,29,30). The molecule has 6 aromatic heterocycles. The summed E-state index contributed by atoms with van der Waals surface area (Å²) in [4.78, 5) is 47.5. The van der Waals surface area contributed by atoms with Gasteiger partial charge in [-0.2, -0.15) is 15.3 Å². The summed E-state index contributed by atoms with van der Waals surface area (Å²) in [5.41, 5.74) is 20.1. The van der Waals surface area contributed by atoms with E-state index in [9.17, 15) is 19.1 Å². The molecule has 0 aliphatic carbocycles. The normalized spacial score (nSPS) is 12.1. The van der Waals surface area contributed by atoms with Crippen LogP contribution in [0.3, 0.4) is 0 Å². The van der Waals surface area contributed by atoms with Crippen molar-refractivity contribution in [2.75, 3.05) is 79.5 Å². The van der Waals surface area contributed by atoms with E-state index in [1.54, 1.807) is 30.5 Å². The number of imidazole rings is 3. The summed E-state index contributed by atoms with van der Waals surface area (Å²) in [5, 5.41) is 35.1. The van der Waals surface area contributed by atoms with Gasteiger partial charge in [-0.3, -0.25) is 5.10 Å². The van der Waals surface area contributed by atoms with Gasteiger partial charge in [0.25, 0.3) is 0 Å². The molecule has 0 fully saturated rings. The van der Waals surface area contributed by atoms with E-state index in [2.05, 4.69) is 171 Å². The predicted molar refractivity (Wildman–Crippen MR) is 564 cm³/mol. The lowest BCUT2D eigenvalue weighted by atomic mass is 9.96. The van der Waals surface area contributed by atoms with Crippen molar-refractivity contribution in [2.45, 2.75) is 241 Å². The molecule has 6 aromatic carbocycles. The second kappa shape index (κ2) is 51.2. The van der Waals surface area contributed by atoms with Gasteiger partial charge in [-0.1, -0.05) is 157 Å². The van der Waals surface area contributed by atoms with Gasteiger partial charge in [0.05, 0.1) is 52.9 Å². The van der Waals surface area contributed by atoms with Crippen LogP contribution < -0.4 is 25.8 Å². The Morgan fingerprint density at radius 1 is 0.464 bits per heavy atom. The van der Waals surface area contributed by atoms with Crippen molar-refractivity contribution in [1.82, 2.24) is 69.5 Å². The van der Waals surface area contributed by atoms with Gasteiger partial charge < -0.3 is 92.7 Å². The summed E-state index contributed by atoms with van der Waals surface area (Å²) >= 11 is 0. The van der Waals surface area contributed by atoms with Crippen molar-refractivity contribution >= 4 is 93.3 Å². The average Bonchev–Trinajstić information content (AvgIpc) is 1.60. The van der Waals surface area contributed by atoms with Gasteiger partial charge in [-0.05, 0) is 178 Å². The second-order valence-corrected chi connectivity index (χ2v) is 75.7. The number of phenols is 1. The summed E-state index contributed by atoms with van der Waals surface area (Å²) in [6.07, 6.45) is 6.19. The number of ether oxygens (including phenoxy) is 10. The molecular weight excluding hydrogens is 1880 g/mol. The number of aromatic amines is 2. The average molecular weight is 2030 g/mol. The van der Waals surface area contributed by atoms with E-state index in [0.717, 1.165) is 125 Å². The number of alkyl carbamates (subject to hydrolysis) is 2. The number of fused-ring (bicyclic) bond motifs is 3. The van der Waals surface area contributed by atoms with Gasteiger partial charge in [0, 0.05) is 123 Å². The Kier molecular flexibility index (Phi) is 40.6. The molecule has 0 radical (unpaired) electrons. The lowest BCUT2D eigenvalue weighted by Crippen LogP contribution is -2.24. The number of hydrogen-bond acceptors (Lipinski definition) is 20. The third kappa shape index (κ3) is 33.9. The fourth-order valence-electron chi connectivity index (χ4n) is 14.6. The molecule has 0 atom stereocenters. The molecule has 0 saturated heterocycles. The van der Waals surface area contributed by atoms with E-state index < -0.39 is 78.1 Å². The van der Waals surface area contributed by atoms with Gasteiger partial charge in [-0.15, -0.1) is 0 Å². The number of amides is 2. The smallest absolute Gasteiger partial charge is 0.407 e. The van der Waals surface area contributed by atoms with Crippen LogP contribution in [0.15, 0.2) is 110 Å². The van der Waals surface area contributed by atoms with Gasteiger partial charge in [0.1, 0.15) is 44.0 Å². The summed E-state index contributed by atoms with van der Waals surface area (Å²) < 4.78 is 110. The first kappa shape index (κ1) is 111. The fraction of sp³-hybridized carbons (Fsp3) is 0.485. The van der Waals surface area contributed by atoms with Crippen molar-refractivity contribution in [3.8, 4) is 85.2 Å². The largest absolute Gasteiger partial charge is 0.505 e. The fourth-order valence-corrected chi connectivity index (χ4v) is 19.1. The number of halogens is 3.